The monoisotopic (exact) mass is 430 g/mol. The third kappa shape index (κ3) is 2.42. The summed E-state index contributed by atoms with van der Waals surface area (Å²) in [5.41, 5.74) is 7.18. The molecule has 0 aromatic heterocycles. The molecule has 2 heteroatoms. The fourth-order valence-corrected chi connectivity index (χ4v) is 4.98. The third-order valence-corrected chi connectivity index (χ3v) is 6.20. The summed E-state index contributed by atoms with van der Waals surface area (Å²) in [6.07, 6.45) is 0. The first-order chi connectivity index (χ1) is 13.2. The van der Waals surface area contributed by atoms with Gasteiger partial charge in [0.25, 0.3) is 0 Å². The molecule has 0 fully saturated rings. The van der Waals surface area contributed by atoms with Crippen LogP contribution in [-0.4, -0.2) is 0 Å². The second-order valence-electron chi connectivity index (χ2n) is 6.86. The van der Waals surface area contributed by atoms with Crippen LogP contribution in [0.2, 0.25) is 5.02 Å². The highest BCUT2D eigenvalue weighted by Gasteiger charge is 2.45. The first-order valence-electron chi connectivity index (χ1n) is 8.93. The quantitative estimate of drug-likeness (QED) is 0.272. The van der Waals surface area contributed by atoms with E-state index in [0.717, 1.165) is 9.50 Å². The first kappa shape index (κ1) is 16.8. The number of rotatable bonds is 2. The van der Waals surface area contributed by atoms with Gasteiger partial charge in [-0.15, -0.1) is 0 Å². The normalized spacial score (nSPS) is 13.9. The van der Waals surface area contributed by atoms with Crippen LogP contribution < -0.4 is 0 Å². The van der Waals surface area contributed by atoms with Crippen LogP contribution >= 0.6 is 27.5 Å². The summed E-state index contributed by atoms with van der Waals surface area (Å²) in [4.78, 5) is 0. The summed E-state index contributed by atoms with van der Waals surface area (Å²) >= 11 is 10.1. The van der Waals surface area contributed by atoms with Gasteiger partial charge in [-0.25, -0.2) is 0 Å². The van der Waals surface area contributed by atoms with Gasteiger partial charge in [0.1, 0.15) is 0 Å². The van der Waals surface area contributed by atoms with Crippen LogP contribution in [-0.2, 0) is 5.41 Å². The predicted molar refractivity (Wildman–Crippen MR) is 116 cm³/mol. The second kappa shape index (κ2) is 6.37. The zero-order chi connectivity index (χ0) is 18.4. The summed E-state index contributed by atoms with van der Waals surface area (Å²) in [6, 6.07) is 34.4. The van der Waals surface area contributed by atoms with E-state index in [1.165, 1.54) is 33.4 Å². The summed E-state index contributed by atoms with van der Waals surface area (Å²) < 4.78 is 1.07. The van der Waals surface area contributed by atoms with E-state index >= 15 is 0 Å². The zero-order valence-electron chi connectivity index (χ0n) is 14.5. The van der Waals surface area contributed by atoms with Crippen LogP contribution in [0.5, 0.6) is 0 Å². The van der Waals surface area contributed by atoms with Crippen molar-refractivity contribution in [2.24, 2.45) is 0 Å². The van der Waals surface area contributed by atoms with E-state index in [1.807, 2.05) is 6.07 Å². The highest BCUT2D eigenvalue weighted by atomic mass is 79.9. The Labute approximate surface area is 172 Å². The van der Waals surface area contributed by atoms with Gasteiger partial charge in [-0.05, 0) is 57.6 Å². The summed E-state index contributed by atoms with van der Waals surface area (Å²) in [7, 11) is 0. The lowest BCUT2D eigenvalue weighted by molar-refractivity contribution is 0.768. The third-order valence-electron chi connectivity index (χ3n) is 5.48. The molecule has 0 aliphatic heterocycles. The van der Waals surface area contributed by atoms with Crippen molar-refractivity contribution in [1.82, 2.24) is 0 Å². The van der Waals surface area contributed by atoms with Gasteiger partial charge in [0, 0.05) is 9.50 Å². The summed E-state index contributed by atoms with van der Waals surface area (Å²) in [5.74, 6) is 0. The van der Waals surface area contributed by atoms with Crippen LogP contribution in [0, 0.1) is 0 Å². The molecule has 1 aliphatic rings. The number of hydrogen-bond acceptors (Lipinski definition) is 0. The minimum Gasteiger partial charge on any atom is -0.0843 e. The molecule has 27 heavy (non-hydrogen) atoms. The molecular formula is C25H16BrCl. The van der Waals surface area contributed by atoms with Crippen molar-refractivity contribution >= 4 is 27.5 Å². The fourth-order valence-electron chi connectivity index (χ4n) is 4.44. The van der Waals surface area contributed by atoms with Crippen molar-refractivity contribution in [3.63, 3.8) is 0 Å². The Morgan fingerprint density at radius 2 is 1.11 bits per heavy atom. The van der Waals surface area contributed by atoms with Crippen LogP contribution in [0.25, 0.3) is 11.1 Å². The molecule has 1 aliphatic carbocycles. The molecule has 5 rings (SSSR count). The minimum absolute atomic E-state index is 0.349. The number of halogens is 2. The Morgan fingerprint density at radius 1 is 0.593 bits per heavy atom. The van der Waals surface area contributed by atoms with Crippen molar-refractivity contribution in [1.29, 1.82) is 0 Å². The smallest absolute Gasteiger partial charge is 0.0713 e. The van der Waals surface area contributed by atoms with Gasteiger partial charge in [0.2, 0.25) is 0 Å². The molecule has 0 unspecified atom stereocenters. The van der Waals surface area contributed by atoms with Crippen molar-refractivity contribution in [2.75, 3.05) is 0 Å². The Balaban J connectivity index is 1.98. The fraction of sp³-hybridized carbons (Fsp3) is 0.0400. The molecule has 0 spiro atoms. The maximum absolute atomic E-state index is 6.40. The Bertz CT molecular complexity index is 1040. The number of fused-ring (bicyclic) bond motifs is 3. The Morgan fingerprint density at radius 3 is 1.70 bits per heavy atom. The van der Waals surface area contributed by atoms with Gasteiger partial charge >= 0.3 is 0 Å². The van der Waals surface area contributed by atoms with E-state index in [9.17, 15) is 0 Å². The summed E-state index contributed by atoms with van der Waals surface area (Å²) in [5, 5.41) is 0.761. The molecule has 0 amide bonds. The Kier molecular flexibility index (Phi) is 3.96. The van der Waals surface area contributed by atoms with Crippen molar-refractivity contribution in [3.05, 3.63) is 129 Å². The van der Waals surface area contributed by atoms with E-state index in [4.69, 9.17) is 11.6 Å². The molecule has 0 bridgehead atoms. The highest BCUT2D eigenvalue weighted by Crippen LogP contribution is 2.56. The largest absolute Gasteiger partial charge is 0.0843 e. The molecule has 0 saturated carbocycles. The van der Waals surface area contributed by atoms with Crippen molar-refractivity contribution in [3.8, 4) is 11.1 Å². The van der Waals surface area contributed by atoms with Crippen molar-refractivity contribution in [2.45, 2.75) is 5.41 Å². The molecule has 130 valence electrons. The zero-order valence-corrected chi connectivity index (χ0v) is 16.8. The number of hydrogen-bond donors (Lipinski definition) is 0. The summed E-state index contributed by atoms with van der Waals surface area (Å²) in [6.45, 7) is 0. The van der Waals surface area contributed by atoms with Crippen LogP contribution in [0.1, 0.15) is 22.3 Å². The van der Waals surface area contributed by atoms with E-state index in [2.05, 4.69) is 107 Å². The van der Waals surface area contributed by atoms with E-state index in [1.54, 1.807) is 0 Å². The average molecular weight is 432 g/mol. The van der Waals surface area contributed by atoms with Gasteiger partial charge < -0.3 is 0 Å². The van der Waals surface area contributed by atoms with Crippen LogP contribution in [0.3, 0.4) is 0 Å². The Hall–Kier alpha value is -2.35. The molecule has 0 nitrogen and oxygen atoms in total. The topological polar surface area (TPSA) is 0 Å². The maximum atomic E-state index is 6.40. The van der Waals surface area contributed by atoms with E-state index < -0.39 is 0 Å². The predicted octanol–water partition coefficient (Wildman–Crippen LogP) is 7.47. The van der Waals surface area contributed by atoms with Crippen molar-refractivity contribution < 1.29 is 0 Å². The molecule has 0 saturated heterocycles. The van der Waals surface area contributed by atoms with Gasteiger partial charge in [-0.1, -0.05) is 100 Å². The maximum Gasteiger partial charge on any atom is 0.0713 e. The van der Waals surface area contributed by atoms with Gasteiger partial charge in [-0.2, -0.15) is 0 Å². The highest BCUT2D eigenvalue weighted by molar-refractivity contribution is 9.10. The molecule has 0 atom stereocenters. The van der Waals surface area contributed by atoms with Gasteiger partial charge in [0.15, 0.2) is 0 Å². The lowest BCUT2D eigenvalue weighted by atomic mass is 9.68. The minimum atomic E-state index is -0.349. The number of benzene rings is 4. The molecule has 4 aromatic carbocycles. The SMILES string of the molecule is Clc1ccc2c(c1)-c1cc(Br)ccc1C2(c1ccccc1)c1ccccc1. The van der Waals surface area contributed by atoms with Crippen LogP contribution in [0.4, 0.5) is 0 Å². The average Bonchev–Trinajstić information content (AvgIpc) is 2.99. The van der Waals surface area contributed by atoms with E-state index in [-0.39, 0.29) is 5.41 Å². The second-order valence-corrected chi connectivity index (χ2v) is 8.21. The molecule has 0 heterocycles. The molecule has 4 aromatic rings. The first-order valence-corrected chi connectivity index (χ1v) is 10.1. The molecular weight excluding hydrogens is 416 g/mol. The van der Waals surface area contributed by atoms with Crippen LogP contribution in [0.15, 0.2) is 102 Å². The van der Waals surface area contributed by atoms with E-state index in [0.29, 0.717) is 0 Å². The van der Waals surface area contributed by atoms with Gasteiger partial charge in [-0.3, -0.25) is 0 Å². The standard InChI is InChI=1S/C25H16BrCl/c26-19-11-13-23-21(15-19)22-16-20(27)12-14-24(22)25(23,17-7-3-1-4-8-17)18-9-5-2-6-10-18/h1-16H. The lowest BCUT2D eigenvalue weighted by Crippen LogP contribution is -2.28. The molecule has 0 N–H and O–H groups in total. The van der Waals surface area contributed by atoms with Gasteiger partial charge in [0.05, 0.1) is 5.41 Å². The molecule has 0 radical (unpaired) electrons. The lowest BCUT2D eigenvalue weighted by Gasteiger charge is -2.33.